The molecule has 1 aliphatic heterocycles. The predicted octanol–water partition coefficient (Wildman–Crippen LogP) is 1.72. The molecule has 90 valence electrons. The molecule has 1 fully saturated rings. The number of halogens is 1. The van der Waals surface area contributed by atoms with Crippen molar-refractivity contribution in [1.29, 1.82) is 5.26 Å². The van der Waals surface area contributed by atoms with Crippen molar-refractivity contribution in [3.8, 4) is 6.07 Å². The van der Waals surface area contributed by atoms with Crippen LogP contribution in [0.1, 0.15) is 12.0 Å². The first-order valence-electron chi connectivity index (χ1n) is 5.16. The maximum Gasteiger partial charge on any atom is 0.151 e. The molecule has 1 unspecified atom stereocenters. The van der Waals surface area contributed by atoms with Crippen molar-refractivity contribution in [1.82, 2.24) is 4.98 Å². The maximum absolute atomic E-state index is 11.5. The maximum atomic E-state index is 11.5. The van der Waals surface area contributed by atoms with E-state index < -0.39 is 15.3 Å². The second-order valence-corrected chi connectivity index (χ2v) is 7.52. The molecular formula is C11H11BrN2O2S. The third-order valence-corrected chi connectivity index (χ3v) is 5.18. The quantitative estimate of drug-likeness (QED) is 0.833. The average Bonchev–Trinajstić information content (AvgIpc) is 2.55. The number of hydrogen-bond acceptors (Lipinski definition) is 4. The van der Waals surface area contributed by atoms with Crippen molar-refractivity contribution in [3.63, 3.8) is 0 Å². The molecule has 6 heteroatoms. The molecule has 2 rings (SSSR count). The fourth-order valence-electron chi connectivity index (χ4n) is 2.13. The first-order chi connectivity index (χ1) is 7.95. The van der Waals surface area contributed by atoms with Gasteiger partial charge in [-0.2, -0.15) is 5.26 Å². The average molecular weight is 315 g/mol. The molecule has 0 amide bonds. The van der Waals surface area contributed by atoms with Crippen molar-refractivity contribution in [2.24, 2.45) is 5.41 Å². The first kappa shape index (κ1) is 12.5. The van der Waals surface area contributed by atoms with Gasteiger partial charge in [0.05, 0.1) is 23.0 Å². The zero-order valence-corrected chi connectivity index (χ0v) is 11.5. The number of rotatable bonds is 2. The van der Waals surface area contributed by atoms with E-state index in [0.717, 1.165) is 10.0 Å². The van der Waals surface area contributed by atoms with Crippen LogP contribution in [-0.4, -0.2) is 24.9 Å². The van der Waals surface area contributed by atoms with E-state index in [1.165, 1.54) is 0 Å². The highest BCUT2D eigenvalue weighted by molar-refractivity contribution is 9.10. The summed E-state index contributed by atoms with van der Waals surface area (Å²) in [7, 11) is -3.05. The molecule has 4 nitrogen and oxygen atoms in total. The minimum absolute atomic E-state index is 0.0387. The Morgan fingerprint density at radius 2 is 2.29 bits per heavy atom. The Hall–Kier alpha value is -0.930. The van der Waals surface area contributed by atoms with E-state index in [0.29, 0.717) is 12.8 Å². The topological polar surface area (TPSA) is 70.8 Å². The van der Waals surface area contributed by atoms with Gasteiger partial charge in [0.15, 0.2) is 9.84 Å². The Bertz CT molecular complexity index is 579. The summed E-state index contributed by atoms with van der Waals surface area (Å²) in [4.78, 5) is 4.02. The second kappa shape index (κ2) is 4.39. The highest BCUT2D eigenvalue weighted by atomic mass is 79.9. The van der Waals surface area contributed by atoms with Crippen LogP contribution in [0.3, 0.4) is 0 Å². The lowest BCUT2D eigenvalue weighted by molar-refractivity contribution is 0.450. The molecule has 1 aromatic heterocycles. The van der Waals surface area contributed by atoms with Crippen LogP contribution in [0.2, 0.25) is 0 Å². The van der Waals surface area contributed by atoms with E-state index in [1.54, 1.807) is 12.4 Å². The summed E-state index contributed by atoms with van der Waals surface area (Å²) < 4.78 is 23.8. The normalized spacial score (nSPS) is 26.6. The molecule has 0 aliphatic carbocycles. The SMILES string of the molecule is N#CC1(Cc2cncc(Br)c2)CCS(=O)(=O)C1. The van der Waals surface area contributed by atoms with Crippen LogP contribution in [0.25, 0.3) is 0 Å². The minimum Gasteiger partial charge on any atom is -0.263 e. The van der Waals surface area contributed by atoms with Gasteiger partial charge in [-0.05, 0) is 40.4 Å². The Morgan fingerprint density at radius 3 is 2.82 bits per heavy atom. The monoisotopic (exact) mass is 314 g/mol. The fourth-order valence-corrected chi connectivity index (χ4v) is 4.54. The molecule has 1 aromatic rings. The standard InChI is InChI=1S/C11H11BrN2O2S/c12-10-3-9(5-14-6-10)4-11(7-13)1-2-17(15,16)8-11/h3,5-6H,1-2,4,8H2. The fraction of sp³-hybridized carbons (Fsp3) is 0.455. The van der Waals surface area contributed by atoms with Crippen LogP contribution >= 0.6 is 15.9 Å². The van der Waals surface area contributed by atoms with Crippen LogP contribution in [0, 0.1) is 16.7 Å². The molecule has 1 saturated heterocycles. The van der Waals surface area contributed by atoms with Crippen molar-refractivity contribution >= 4 is 25.8 Å². The Kier molecular flexibility index (Phi) is 3.23. The summed E-state index contributed by atoms with van der Waals surface area (Å²) in [5, 5.41) is 9.23. The largest absolute Gasteiger partial charge is 0.263 e. The van der Waals surface area contributed by atoms with E-state index in [9.17, 15) is 13.7 Å². The van der Waals surface area contributed by atoms with Gasteiger partial charge in [0, 0.05) is 16.9 Å². The van der Waals surface area contributed by atoms with Gasteiger partial charge in [-0.1, -0.05) is 0 Å². The van der Waals surface area contributed by atoms with Gasteiger partial charge in [-0.15, -0.1) is 0 Å². The zero-order chi connectivity index (χ0) is 12.5. The molecule has 1 aliphatic rings. The zero-order valence-electron chi connectivity index (χ0n) is 9.06. The minimum atomic E-state index is -3.05. The van der Waals surface area contributed by atoms with E-state index in [-0.39, 0.29) is 11.5 Å². The van der Waals surface area contributed by atoms with Gasteiger partial charge in [0.25, 0.3) is 0 Å². The van der Waals surface area contributed by atoms with Crippen molar-refractivity contribution in [2.45, 2.75) is 12.8 Å². The second-order valence-electron chi connectivity index (χ2n) is 4.42. The lowest BCUT2D eigenvalue weighted by atomic mass is 9.83. The van der Waals surface area contributed by atoms with Crippen LogP contribution in [-0.2, 0) is 16.3 Å². The molecule has 17 heavy (non-hydrogen) atoms. The van der Waals surface area contributed by atoms with Crippen LogP contribution < -0.4 is 0 Å². The molecular weight excluding hydrogens is 304 g/mol. The highest BCUT2D eigenvalue weighted by Crippen LogP contribution is 2.35. The summed E-state index contributed by atoms with van der Waals surface area (Å²) >= 11 is 3.31. The van der Waals surface area contributed by atoms with Crippen LogP contribution in [0.5, 0.6) is 0 Å². The van der Waals surface area contributed by atoms with Crippen LogP contribution in [0.4, 0.5) is 0 Å². The molecule has 0 radical (unpaired) electrons. The number of hydrogen-bond donors (Lipinski definition) is 0. The summed E-state index contributed by atoms with van der Waals surface area (Å²) in [5.41, 5.74) is 0.111. The van der Waals surface area contributed by atoms with Gasteiger partial charge >= 0.3 is 0 Å². The third-order valence-electron chi connectivity index (χ3n) is 2.93. The molecule has 0 bridgehead atoms. The van der Waals surface area contributed by atoms with E-state index >= 15 is 0 Å². The Morgan fingerprint density at radius 1 is 1.53 bits per heavy atom. The Balaban J connectivity index is 2.26. The first-order valence-corrected chi connectivity index (χ1v) is 7.77. The van der Waals surface area contributed by atoms with Crippen molar-refractivity contribution < 1.29 is 8.42 Å². The van der Waals surface area contributed by atoms with Gasteiger partial charge in [0.2, 0.25) is 0 Å². The van der Waals surface area contributed by atoms with Gasteiger partial charge in [0.1, 0.15) is 0 Å². The molecule has 0 saturated carbocycles. The summed E-state index contributed by atoms with van der Waals surface area (Å²) in [6, 6.07) is 4.05. The van der Waals surface area contributed by atoms with Crippen molar-refractivity contribution in [2.75, 3.05) is 11.5 Å². The van der Waals surface area contributed by atoms with Gasteiger partial charge in [-0.25, -0.2) is 8.42 Å². The third kappa shape index (κ3) is 2.85. The lowest BCUT2D eigenvalue weighted by Gasteiger charge is -2.18. The molecule has 2 heterocycles. The summed E-state index contributed by atoms with van der Waals surface area (Å²) in [5.74, 6) is 0.0744. The van der Waals surface area contributed by atoms with Gasteiger partial charge in [-0.3, -0.25) is 4.98 Å². The van der Waals surface area contributed by atoms with Gasteiger partial charge < -0.3 is 0 Å². The lowest BCUT2D eigenvalue weighted by Crippen LogP contribution is -2.23. The number of aromatic nitrogens is 1. The predicted molar refractivity (Wildman–Crippen MR) is 67.0 cm³/mol. The number of nitriles is 1. The Labute approximate surface area is 109 Å². The molecule has 0 aromatic carbocycles. The van der Waals surface area contributed by atoms with E-state index in [2.05, 4.69) is 27.0 Å². The smallest absolute Gasteiger partial charge is 0.151 e. The molecule has 1 atom stereocenters. The summed E-state index contributed by atoms with van der Waals surface area (Å²) in [6.45, 7) is 0. The molecule has 0 N–H and O–H groups in total. The number of sulfone groups is 1. The number of pyridine rings is 1. The van der Waals surface area contributed by atoms with E-state index in [1.807, 2.05) is 6.07 Å². The van der Waals surface area contributed by atoms with Crippen molar-refractivity contribution in [3.05, 3.63) is 28.5 Å². The molecule has 0 spiro atoms. The number of nitrogens with zero attached hydrogens (tertiary/aromatic N) is 2. The summed E-state index contributed by atoms with van der Waals surface area (Å²) in [6.07, 6.45) is 4.19. The highest BCUT2D eigenvalue weighted by Gasteiger charge is 2.42. The van der Waals surface area contributed by atoms with E-state index in [4.69, 9.17) is 0 Å². The van der Waals surface area contributed by atoms with Crippen LogP contribution in [0.15, 0.2) is 22.9 Å².